The van der Waals surface area contributed by atoms with Gasteiger partial charge in [-0.3, -0.25) is 0 Å². The van der Waals surface area contributed by atoms with Crippen LogP contribution < -0.4 is 10.6 Å². The third kappa shape index (κ3) is 1.89. The zero-order chi connectivity index (χ0) is 8.23. The van der Waals surface area contributed by atoms with Crippen LogP contribution in [-0.2, 0) is 0 Å². The number of aromatic nitrogens is 3. The van der Waals surface area contributed by atoms with Gasteiger partial charge in [-0.2, -0.15) is 0 Å². The average Bonchev–Trinajstić information content (AvgIpc) is 2.59. The van der Waals surface area contributed by atoms with Gasteiger partial charge >= 0.3 is 0 Å². The van der Waals surface area contributed by atoms with Crippen LogP contribution in [0.1, 0.15) is 12.8 Å². The summed E-state index contributed by atoms with van der Waals surface area (Å²) in [5, 5.41) is 14.8. The van der Waals surface area contributed by atoms with Crippen molar-refractivity contribution in [2.24, 2.45) is 0 Å². The molecule has 0 aliphatic carbocycles. The van der Waals surface area contributed by atoms with Crippen LogP contribution in [0.25, 0.3) is 0 Å². The van der Waals surface area contributed by atoms with Gasteiger partial charge in [0.05, 0.1) is 0 Å². The molecule has 6 heteroatoms. The minimum absolute atomic E-state index is 0.543. The van der Waals surface area contributed by atoms with Crippen LogP contribution >= 0.6 is 11.5 Å². The summed E-state index contributed by atoms with van der Waals surface area (Å²) in [4.78, 5) is 0. The van der Waals surface area contributed by atoms with E-state index in [4.69, 9.17) is 0 Å². The zero-order valence-corrected chi connectivity index (χ0v) is 7.47. The maximum absolute atomic E-state index is 3.84. The van der Waals surface area contributed by atoms with E-state index in [0.717, 1.165) is 31.1 Å². The molecule has 0 radical (unpaired) electrons. The van der Waals surface area contributed by atoms with Gasteiger partial charge in [0.2, 0.25) is 5.13 Å². The summed E-state index contributed by atoms with van der Waals surface area (Å²) >= 11 is 1.31. The highest BCUT2D eigenvalue weighted by Crippen LogP contribution is 2.12. The van der Waals surface area contributed by atoms with Crippen LogP contribution in [-0.4, -0.2) is 33.9 Å². The highest BCUT2D eigenvalue weighted by Gasteiger charge is 2.13. The van der Waals surface area contributed by atoms with E-state index < -0.39 is 0 Å². The topological polar surface area (TPSA) is 62.7 Å². The molecule has 1 aliphatic rings. The van der Waals surface area contributed by atoms with Crippen molar-refractivity contribution in [3.05, 3.63) is 0 Å². The fraction of sp³-hybridized carbons (Fsp3) is 0.833. The Morgan fingerprint density at radius 3 is 2.92 bits per heavy atom. The highest BCUT2D eigenvalue weighted by molar-refractivity contribution is 7.09. The molecule has 1 aromatic rings. The molecule has 1 aromatic heterocycles. The molecule has 5 nitrogen and oxygen atoms in total. The first kappa shape index (κ1) is 7.88. The van der Waals surface area contributed by atoms with Gasteiger partial charge in [-0.1, -0.05) is 9.59 Å². The van der Waals surface area contributed by atoms with Gasteiger partial charge in [-0.05, 0) is 31.1 Å². The van der Waals surface area contributed by atoms with Gasteiger partial charge < -0.3 is 10.6 Å². The highest BCUT2D eigenvalue weighted by atomic mass is 32.1. The molecule has 0 unspecified atom stereocenters. The molecular weight excluding hydrogens is 174 g/mol. The normalized spacial score (nSPS) is 19.3. The zero-order valence-electron chi connectivity index (χ0n) is 6.66. The number of rotatable bonds is 2. The summed E-state index contributed by atoms with van der Waals surface area (Å²) < 4.78 is 3.69. The average molecular weight is 185 g/mol. The molecule has 2 rings (SSSR count). The van der Waals surface area contributed by atoms with Crippen molar-refractivity contribution in [2.75, 3.05) is 18.4 Å². The first-order valence-electron chi connectivity index (χ1n) is 4.07. The fourth-order valence-electron chi connectivity index (χ4n) is 1.33. The molecule has 1 fully saturated rings. The lowest BCUT2D eigenvalue weighted by atomic mass is 10.1. The Morgan fingerprint density at radius 2 is 2.25 bits per heavy atom. The van der Waals surface area contributed by atoms with Crippen molar-refractivity contribution in [1.82, 2.24) is 20.1 Å². The second-order valence-electron chi connectivity index (χ2n) is 2.84. The summed E-state index contributed by atoms with van der Waals surface area (Å²) in [6.07, 6.45) is 2.30. The smallest absolute Gasteiger partial charge is 0.225 e. The fourth-order valence-corrected chi connectivity index (χ4v) is 1.77. The van der Waals surface area contributed by atoms with Gasteiger partial charge in [0, 0.05) is 17.6 Å². The van der Waals surface area contributed by atoms with E-state index in [1.54, 1.807) is 0 Å². The van der Waals surface area contributed by atoms with Crippen LogP contribution in [0.5, 0.6) is 0 Å². The van der Waals surface area contributed by atoms with Crippen LogP contribution in [0.15, 0.2) is 0 Å². The quantitative estimate of drug-likeness (QED) is 0.684. The molecule has 1 aliphatic heterocycles. The monoisotopic (exact) mass is 185 g/mol. The Kier molecular flexibility index (Phi) is 2.48. The van der Waals surface area contributed by atoms with Crippen molar-refractivity contribution in [1.29, 1.82) is 0 Å². The van der Waals surface area contributed by atoms with E-state index in [1.807, 2.05) is 0 Å². The van der Waals surface area contributed by atoms with Crippen LogP contribution in [0.4, 0.5) is 5.13 Å². The molecule has 0 aromatic carbocycles. The van der Waals surface area contributed by atoms with Crippen molar-refractivity contribution in [3.8, 4) is 0 Å². The van der Waals surface area contributed by atoms with E-state index in [-0.39, 0.29) is 0 Å². The number of nitrogens with one attached hydrogen (secondary N) is 2. The molecule has 0 bridgehead atoms. The largest absolute Gasteiger partial charge is 0.356 e. The molecule has 66 valence electrons. The van der Waals surface area contributed by atoms with Crippen molar-refractivity contribution < 1.29 is 0 Å². The molecule has 2 heterocycles. The SMILES string of the molecule is C1CC(Nc2nnns2)CCN1. The first-order valence-corrected chi connectivity index (χ1v) is 4.85. The number of piperidine rings is 1. The van der Waals surface area contributed by atoms with E-state index in [2.05, 4.69) is 25.4 Å². The maximum Gasteiger partial charge on any atom is 0.225 e. The van der Waals surface area contributed by atoms with Crippen molar-refractivity contribution in [3.63, 3.8) is 0 Å². The van der Waals surface area contributed by atoms with E-state index in [9.17, 15) is 0 Å². The molecule has 1 saturated heterocycles. The lowest BCUT2D eigenvalue weighted by molar-refractivity contribution is 0.478. The third-order valence-corrected chi connectivity index (χ3v) is 2.49. The minimum Gasteiger partial charge on any atom is -0.356 e. The third-order valence-electron chi connectivity index (χ3n) is 1.97. The standard InChI is InChI=1S/C6H11N5S/c1-3-7-4-2-5(1)8-6-9-10-11-12-6/h5,7H,1-4H2,(H,8,9,11). The Bertz CT molecular complexity index is 218. The number of anilines is 1. The van der Waals surface area contributed by atoms with Gasteiger partial charge in [0.15, 0.2) is 0 Å². The predicted molar refractivity (Wildman–Crippen MR) is 47.2 cm³/mol. The minimum atomic E-state index is 0.543. The first-order chi connectivity index (χ1) is 5.95. The Balaban J connectivity index is 1.86. The summed E-state index contributed by atoms with van der Waals surface area (Å²) in [6, 6.07) is 0.543. The van der Waals surface area contributed by atoms with E-state index in [0.29, 0.717) is 6.04 Å². The molecule has 0 amide bonds. The molecule has 12 heavy (non-hydrogen) atoms. The Hall–Kier alpha value is -0.750. The van der Waals surface area contributed by atoms with E-state index in [1.165, 1.54) is 11.5 Å². The second kappa shape index (κ2) is 3.77. The lowest BCUT2D eigenvalue weighted by Crippen LogP contribution is -2.35. The lowest BCUT2D eigenvalue weighted by Gasteiger charge is -2.22. The predicted octanol–water partition coefficient (Wildman–Crippen LogP) is 0.0970. The molecular formula is C6H11N5S. The van der Waals surface area contributed by atoms with Crippen molar-refractivity contribution in [2.45, 2.75) is 18.9 Å². The van der Waals surface area contributed by atoms with Gasteiger partial charge in [-0.15, -0.1) is 0 Å². The van der Waals surface area contributed by atoms with Crippen LogP contribution in [0.3, 0.4) is 0 Å². The van der Waals surface area contributed by atoms with Gasteiger partial charge in [-0.25, -0.2) is 0 Å². The van der Waals surface area contributed by atoms with Gasteiger partial charge in [0.1, 0.15) is 0 Å². The van der Waals surface area contributed by atoms with Crippen LogP contribution in [0, 0.1) is 0 Å². The molecule has 0 spiro atoms. The molecule has 0 saturated carbocycles. The maximum atomic E-state index is 3.84. The van der Waals surface area contributed by atoms with Crippen molar-refractivity contribution >= 4 is 16.7 Å². The second-order valence-corrected chi connectivity index (χ2v) is 3.57. The number of nitrogens with zero attached hydrogens (tertiary/aromatic N) is 3. The molecule has 2 N–H and O–H groups in total. The van der Waals surface area contributed by atoms with Gasteiger partial charge in [0.25, 0.3) is 0 Å². The Morgan fingerprint density at radius 1 is 1.42 bits per heavy atom. The number of hydrogen-bond acceptors (Lipinski definition) is 6. The summed E-state index contributed by atoms with van der Waals surface area (Å²) in [5.41, 5.74) is 0. The molecule has 0 atom stereocenters. The summed E-state index contributed by atoms with van der Waals surface area (Å²) in [5.74, 6) is 0. The van der Waals surface area contributed by atoms with E-state index >= 15 is 0 Å². The summed E-state index contributed by atoms with van der Waals surface area (Å²) in [6.45, 7) is 2.17. The summed E-state index contributed by atoms with van der Waals surface area (Å²) in [7, 11) is 0. The number of hydrogen-bond donors (Lipinski definition) is 2. The van der Waals surface area contributed by atoms with Crippen LogP contribution in [0.2, 0.25) is 0 Å². The Labute approximate surface area is 74.7 Å².